The Morgan fingerprint density at radius 2 is 1.14 bits per heavy atom. The fourth-order valence-electron chi connectivity index (χ4n) is 2.88. The molecule has 0 bridgehead atoms. The third-order valence-electron chi connectivity index (χ3n) is 4.29. The van der Waals surface area contributed by atoms with E-state index in [-0.39, 0.29) is 37.7 Å². The number of hydrogen-bond donors (Lipinski definition) is 1. The van der Waals surface area contributed by atoms with Gasteiger partial charge < -0.3 is 5.11 Å². The van der Waals surface area contributed by atoms with Crippen LogP contribution in [-0.4, -0.2) is 42.8 Å². The van der Waals surface area contributed by atoms with Crippen LogP contribution in [0.2, 0.25) is 0 Å². The van der Waals surface area contributed by atoms with Crippen molar-refractivity contribution in [3.05, 3.63) is 29.8 Å². The average molecular weight is 333 g/mol. The Morgan fingerprint density at radius 1 is 0.682 bits per heavy atom. The Kier molecular flexibility index (Phi) is 16.4. The van der Waals surface area contributed by atoms with E-state index in [2.05, 4.69) is 6.92 Å². The van der Waals surface area contributed by atoms with Gasteiger partial charge >= 0.3 is 37.7 Å². The number of aromatic hydroxyl groups is 1. The van der Waals surface area contributed by atoms with Gasteiger partial charge in [-0.1, -0.05) is 95.8 Å². The van der Waals surface area contributed by atoms with Gasteiger partial charge in [-0.15, -0.1) is 0 Å². The summed E-state index contributed by atoms with van der Waals surface area (Å²) in [4.78, 5) is 0. The second-order valence-corrected chi connectivity index (χ2v) is 6.27. The van der Waals surface area contributed by atoms with E-state index in [0.29, 0.717) is 5.75 Å². The molecule has 124 valence electrons. The third-order valence-corrected chi connectivity index (χ3v) is 4.29. The molecule has 1 aromatic rings. The van der Waals surface area contributed by atoms with Gasteiger partial charge in [-0.25, -0.2) is 0 Å². The first kappa shape index (κ1) is 22.3. The van der Waals surface area contributed by atoms with Crippen LogP contribution in [0.15, 0.2) is 24.3 Å². The molecule has 22 heavy (non-hydrogen) atoms. The number of phenolic OH excluding ortho intramolecular Hbond substituents is 1. The first-order chi connectivity index (χ1) is 10.3. The van der Waals surface area contributed by atoms with E-state index in [9.17, 15) is 5.11 Å². The van der Waals surface area contributed by atoms with E-state index in [1.807, 2.05) is 18.2 Å². The van der Waals surface area contributed by atoms with Gasteiger partial charge in [0.25, 0.3) is 0 Å². The topological polar surface area (TPSA) is 20.2 Å². The van der Waals surface area contributed by atoms with Crippen LogP contribution in [-0.2, 0) is 6.42 Å². The monoisotopic (exact) mass is 332 g/mol. The van der Waals surface area contributed by atoms with Crippen molar-refractivity contribution >= 4 is 37.7 Å². The van der Waals surface area contributed by atoms with E-state index >= 15 is 0 Å². The molecular formula is C20H36CaO. The SMILES string of the molecule is CCCCCCCCCCCCCCc1ccccc1O.[CaH2]. The predicted octanol–water partition coefficient (Wildman–Crippen LogP) is 5.72. The molecule has 0 aliphatic carbocycles. The maximum atomic E-state index is 9.69. The Balaban J connectivity index is 0.00000441. The summed E-state index contributed by atoms with van der Waals surface area (Å²) in [6, 6.07) is 7.72. The van der Waals surface area contributed by atoms with Crippen molar-refractivity contribution < 1.29 is 5.11 Å². The van der Waals surface area contributed by atoms with Crippen LogP contribution in [0.25, 0.3) is 0 Å². The summed E-state index contributed by atoms with van der Waals surface area (Å²) in [6.45, 7) is 2.28. The Bertz CT molecular complexity index is 351. The van der Waals surface area contributed by atoms with Crippen molar-refractivity contribution in [2.24, 2.45) is 0 Å². The normalized spacial score (nSPS) is 10.4. The molecule has 0 saturated carbocycles. The van der Waals surface area contributed by atoms with Gasteiger partial charge in [-0.2, -0.15) is 0 Å². The molecule has 0 heterocycles. The maximum absolute atomic E-state index is 9.69. The van der Waals surface area contributed by atoms with Crippen LogP contribution in [0, 0.1) is 0 Å². The van der Waals surface area contributed by atoms with Crippen LogP contribution in [0.1, 0.15) is 89.5 Å². The Hall–Kier alpha value is 0.280. The molecule has 0 aliphatic heterocycles. The molecule has 0 aliphatic rings. The second-order valence-electron chi connectivity index (χ2n) is 6.27. The van der Waals surface area contributed by atoms with Crippen molar-refractivity contribution in [3.8, 4) is 5.75 Å². The van der Waals surface area contributed by atoms with Gasteiger partial charge in [0.05, 0.1) is 0 Å². The van der Waals surface area contributed by atoms with Crippen molar-refractivity contribution in [2.45, 2.75) is 90.4 Å². The van der Waals surface area contributed by atoms with E-state index in [1.165, 1.54) is 77.0 Å². The fraction of sp³-hybridized carbons (Fsp3) is 0.700. The zero-order chi connectivity index (χ0) is 15.2. The molecule has 0 amide bonds. The van der Waals surface area contributed by atoms with Crippen molar-refractivity contribution in [3.63, 3.8) is 0 Å². The van der Waals surface area contributed by atoms with Gasteiger partial charge in [0.1, 0.15) is 5.75 Å². The number of rotatable bonds is 13. The number of unbranched alkanes of at least 4 members (excludes halogenated alkanes) is 11. The molecule has 1 N–H and O–H groups in total. The number of phenols is 1. The zero-order valence-electron chi connectivity index (χ0n) is 13.9. The molecule has 0 unspecified atom stereocenters. The average Bonchev–Trinajstić information content (AvgIpc) is 2.50. The molecule has 0 radical (unpaired) electrons. The molecule has 1 rings (SSSR count). The van der Waals surface area contributed by atoms with Crippen LogP contribution in [0.5, 0.6) is 5.75 Å². The summed E-state index contributed by atoms with van der Waals surface area (Å²) in [5.41, 5.74) is 1.10. The number of para-hydroxylation sites is 1. The first-order valence-corrected chi connectivity index (χ1v) is 9.11. The zero-order valence-corrected chi connectivity index (χ0v) is 13.9. The van der Waals surface area contributed by atoms with Crippen LogP contribution in [0.4, 0.5) is 0 Å². The number of hydrogen-bond acceptors (Lipinski definition) is 1. The molecule has 0 saturated heterocycles. The summed E-state index contributed by atoms with van der Waals surface area (Å²) in [7, 11) is 0. The molecule has 0 spiro atoms. The number of benzene rings is 1. The fourth-order valence-corrected chi connectivity index (χ4v) is 2.88. The third kappa shape index (κ3) is 11.8. The van der Waals surface area contributed by atoms with Gasteiger partial charge in [0.2, 0.25) is 0 Å². The second kappa shape index (κ2) is 16.1. The molecular weight excluding hydrogens is 296 g/mol. The Morgan fingerprint density at radius 3 is 1.64 bits per heavy atom. The molecule has 0 fully saturated rings. The van der Waals surface area contributed by atoms with Gasteiger partial charge in [-0.05, 0) is 24.5 Å². The standard InChI is InChI=1S/C20H34O.Ca.2H/c1-2-3-4-5-6-7-8-9-10-11-12-13-16-19-17-14-15-18-20(19)21;;;/h14-15,17-18,21H,2-13,16H2,1H3;;;. The molecule has 0 atom stereocenters. The van der Waals surface area contributed by atoms with E-state index in [0.717, 1.165) is 12.0 Å². The van der Waals surface area contributed by atoms with Gasteiger partial charge in [0.15, 0.2) is 0 Å². The minimum absolute atomic E-state index is 0. The van der Waals surface area contributed by atoms with Crippen LogP contribution >= 0.6 is 0 Å². The predicted molar refractivity (Wildman–Crippen MR) is 101 cm³/mol. The summed E-state index contributed by atoms with van der Waals surface area (Å²) in [5.74, 6) is 0.459. The summed E-state index contributed by atoms with van der Waals surface area (Å²) in [5, 5.41) is 9.69. The quantitative estimate of drug-likeness (QED) is 0.362. The molecule has 1 aromatic carbocycles. The van der Waals surface area contributed by atoms with Gasteiger partial charge in [-0.3, -0.25) is 0 Å². The van der Waals surface area contributed by atoms with Crippen LogP contribution in [0.3, 0.4) is 0 Å². The van der Waals surface area contributed by atoms with E-state index in [4.69, 9.17) is 0 Å². The summed E-state index contributed by atoms with van der Waals surface area (Å²) < 4.78 is 0. The first-order valence-electron chi connectivity index (χ1n) is 9.11. The minimum atomic E-state index is 0. The summed E-state index contributed by atoms with van der Waals surface area (Å²) in [6.07, 6.45) is 17.6. The van der Waals surface area contributed by atoms with Crippen molar-refractivity contribution in [1.29, 1.82) is 0 Å². The number of aryl methyl sites for hydroxylation is 1. The summed E-state index contributed by atoms with van der Waals surface area (Å²) >= 11 is 0. The van der Waals surface area contributed by atoms with E-state index < -0.39 is 0 Å². The van der Waals surface area contributed by atoms with Crippen LogP contribution < -0.4 is 0 Å². The molecule has 2 heteroatoms. The van der Waals surface area contributed by atoms with Crippen molar-refractivity contribution in [2.75, 3.05) is 0 Å². The van der Waals surface area contributed by atoms with E-state index in [1.54, 1.807) is 6.07 Å². The molecule has 1 nitrogen and oxygen atoms in total. The van der Waals surface area contributed by atoms with Gasteiger partial charge in [0, 0.05) is 0 Å². The van der Waals surface area contributed by atoms with Crippen molar-refractivity contribution in [1.82, 2.24) is 0 Å². The Labute approximate surface area is 167 Å². The molecule has 0 aromatic heterocycles.